The summed E-state index contributed by atoms with van der Waals surface area (Å²) < 4.78 is 0.885. The molecule has 3 rings (SSSR count). The van der Waals surface area contributed by atoms with E-state index in [0.717, 1.165) is 15.4 Å². The van der Waals surface area contributed by atoms with Gasteiger partial charge in [0.2, 0.25) is 0 Å². The van der Waals surface area contributed by atoms with Crippen LogP contribution in [0.2, 0.25) is 0 Å². The molecule has 1 aromatic carbocycles. The lowest BCUT2D eigenvalue weighted by atomic mass is 10.1. The van der Waals surface area contributed by atoms with Crippen LogP contribution in [0.1, 0.15) is 22.8 Å². The number of fused-ring (bicyclic) bond motifs is 1. The summed E-state index contributed by atoms with van der Waals surface area (Å²) in [4.78, 5) is 14.0. The number of benzene rings is 1. The fourth-order valence-electron chi connectivity index (χ4n) is 2.33. The monoisotopic (exact) mass is 329 g/mol. The van der Waals surface area contributed by atoms with Gasteiger partial charge in [0, 0.05) is 20.8 Å². The number of hydrogen-bond donors (Lipinski definition) is 1. The number of nitrogens with zero attached hydrogens (tertiary/aromatic N) is 2. The average Bonchev–Trinajstić information content (AvgIpc) is 2.91. The van der Waals surface area contributed by atoms with Crippen molar-refractivity contribution in [1.82, 2.24) is 10.2 Å². The first-order chi connectivity index (χ1) is 9.52. The maximum Gasteiger partial charge on any atom is 0.264 e. The normalized spacial score (nSPS) is 15.6. The topological polar surface area (TPSA) is 49.0 Å². The Kier molecular flexibility index (Phi) is 2.87. The number of amides is 1. The van der Waals surface area contributed by atoms with Gasteiger partial charge in [-0.3, -0.25) is 14.8 Å². The first kappa shape index (κ1) is 12.9. The van der Waals surface area contributed by atoms with Crippen LogP contribution in [0.4, 0.5) is 5.82 Å². The van der Waals surface area contributed by atoms with E-state index in [2.05, 4.69) is 39.3 Å². The van der Waals surface area contributed by atoms with Crippen LogP contribution >= 0.6 is 15.9 Å². The molecule has 5 heteroatoms. The second-order valence-corrected chi connectivity index (χ2v) is 5.76. The molecule has 0 saturated carbocycles. The first-order valence-corrected chi connectivity index (χ1v) is 6.84. The van der Waals surface area contributed by atoms with E-state index in [1.165, 1.54) is 4.90 Å². The van der Waals surface area contributed by atoms with Crippen LogP contribution in [0.25, 0.3) is 16.8 Å². The highest BCUT2D eigenvalue weighted by atomic mass is 79.9. The van der Waals surface area contributed by atoms with Crippen molar-refractivity contribution in [3.05, 3.63) is 52.5 Å². The largest absolute Gasteiger partial charge is 0.275 e. The Morgan fingerprint density at radius 1 is 1.30 bits per heavy atom. The van der Waals surface area contributed by atoms with E-state index in [1.54, 1.807) is 6.07 Å². The molecule has 1 amide bonds. The van der Waals surface area contributed by atoms with E-state index in [9.17, 15) is 4.79 Å². The maximum absolute atomic E-state index is 12.5. The van der Waals surface area contributed by atoms with Gasteiger partial charge in [0.1, 0.15) is 0 Å². The van der Waals surface area contributed by atoms with Crippen LogP contribution in [0.3, 0.4) is 0 Å². The van der Waals surface area contributed by atoms with Gasteiger partial charge in [-0.2, -0.15) is 5.10 Å². The van der Waals surface area contributed by atoms with Gasteiger partial charge in [-0.15, -0.1) is 0 Å². The number of carbonyl (C=O) groups is 1. The Labute approximate surface area is 124 Å². The highest BCUT2D eigenvalue weighted by Gasteiger charge is 2.33. The van der Waals surface area contributed by atoms with Crippen LogP contribution in [0.15, 0.2) is 30.8 Å². The summed E-state index contributed by atoms with van der Waals surface area (Å²) >= 11 is 3.39. The highest BCUT2D eigenvalue weighted by molar-refractivity contribution is 9.14. The zero-order valence-corrected chi connectivity index (χ0v) is 12.5. The number of halogens is 1. The molecule has 0 bridgehead atoms. The molecule has 0 fully saturated rings. The van der Waals surface area contributed by atoms with Crippen molar-refractivity contribution in [3.63, 3.8) is 0 Å². The van der Waals surface area contributed by atoms with Gasteiger partial charge in [-0.1, -0.05) is 47.3 Å². The van der Waals surface area contributed by atoms with Crippen molar-refractivity contribution >= 4 is 44.4 Å². The third-order valence-corrected chi connectivity index (χ3v) is 3.74. The fourth-order valence-corrected chi connectivity index (χ4v) is 2.66. The molecule has 1 aromatic heterocycles. The van der Waals surface area contributed by atoms with Gasteiger partial charge in [0.15, 0.2) is 5.82 Å². The van der Waals surface area contributed by atoms with Gasteiger partial charge < -0.3 is 0 Å². The van der Waals surface area contributed by atoms with E-state index in [0.29, 0.717) is 22.3 Å². The number of hydrogen-bond acceptors (Lipinski definition) is 2. The molecule has 4 nitrogen and oxygen atoms in total. The van der Waals surface area contributed by atoms with Crippen LogP contribution in [-0.4, -0.2) is 16.1 Å². The molecule has 20 heavy (non-hydrogen) atoms. The molecule has 1 aliphatic heterocycles. The average molecular weight is 330 g/mol. The van der Waals surface area contributed by atoms with Crippen LogP contribution < -0.4 is 15.5 Å². The van der Waals surface area contributed by atoms with Gasteiger partial charge in [-0.05, 0) is 13.0 Å². The number of nitrogens with one attached hydrogen (secondary N) is 1. The van der Waals surface area contributed by atoms with E-state index >= 15 is 0 Å². The van der Waals surface area contributed by atoms with Gasteiger partial charge >= 0.3 is 0 Å². The van der Waals surface area contributed by atoms with Crippen LogP contribution in [-0.2, 0) is 0 Å². The summed E-state index contributed by atoms with van der Waals surface area (Å²) in [5, 5.41) is 8.54. The molecule has 0 atom stereocenters. The summed E-state index contributed by atoms with van der Waals surface area (Å²) in [6.07, 6.45) is 0. The molecule has 0 spiro atoms. The number of H-pyrrole nitrogens is 1. The highest BCUT2D eigenvalue weighted by Crippen LogP contribution is 2.32. The fraction of sp³-hybridized carbons (Fsp3) is 0.0667. The minimum absolute atomic E-state index is 0.124. The SMILES string of the molecule is C=C1c2ccccc2C(=O)N1c1n[nH]c(=C(C)Br)c1=C. The molecule has 0 unspecified atom stereocenters. The molecule has 2 aromatic rings. The number of rotatable bonds is 1. The molecule has 100 valence electrons. The number of anilines is 1. The Morgan fingerprint density at radius 3 is 2.50 bits per heavy atom. The molecule has 1 N–H and O–H groups in total. The number of aromatic amines is 1. The number of carbonyl (C=O) groups excluding carboxylic acids is 1. The van der Waals surface area contributed by atoms with Gasteiger partial charge in [-0.25, -0.2) is 0 Å². The van der Waals surface area contributed by atoms with Gasteiger partial charge in [0.25, 0.3) is 5.91 Å². The molecule has 2 heterocycles. The summed E-state index contributed by atoms with van der Waals surface area (Å²) in [6.45, 7) is 9.89. The second kappa shape index (κ2) is 4.45. The van der Waals surface area contributed by atoms with Crippen molar-refractivity contribution in [3.8, 4) is 0 Å². The summed E-state index contributed by atoms with van der Waals surface area (Å²) in [6, 6.07) is 7.40. The minimum Gasteiger partial charge on any atom is -0.275 e. The third kappa shape index (κ3) is 1.67. The quantitative estimate of drug-likeness (QED) is 0.869. The predicted molar refractivity (Wildman–Crippen MR) is 83.7 cm³/mol. The minimum atomic E-state index is -0.124. The molecular weight excluding hydrogens is 318 g/mol. The van der Waals surface area contributed by atoms with Crippen molar-refractivity contribution < 1.29 is 4.79 Å². The second-order valence-electron chi connectivity index (χ2n) is 4.57. The standard InChI is InChI=1S/C15H12BrN3O/c1-8-13(9(2)16)17-18-14(8)19-10(3)11-6-4-5-7-12(11)15(19)20/h4-7,17H,1,3H2,2H3. The van der Waals surface area contributed by atoms with E-state index in [4.69, 9.17) is 0 Å². The smallest absolute Gasteiger partial charge is 0.264 e. The van der Waals surface area contributed by atoms with Crippen molar-refractivity contribution in [2.45, 2.75) is 6.92 Å². The Hall–Kier alpha value is -2.14. The summed E-state index contributed by atoms with van der Waals surface area (Å²) in [7, 11) is 0. The lowest BCUT2D eigenvalue weighted by Gasteiger charge is -2.13. The van der Waals surface area contributed by atoms with Gasteiger partial charge in [0.05, 0.1) is 11.0 Å². The van der Waals surface area contributed by atoms with E-state index in [1.807, 2.05) is 25.1 Å². The third-order valence-electron chi connectivity index (χ3n) is 3.34. The lowest BCUT2D eigenvalue weighted by Crippen LogP contribution is -2.31. The van der Waals surface area contributed by atoms with Crippen molar-refractivity contribution in [2.75, 3.05) is 4.90 Å². The Bertz CT molecular complexity index is 811. The van der Waals surface area contributed by atoms with Crippen molar-refractivity contribution in [2.24, 2.45) is 0 Å². The molecule has 0 radical (unpaired) electrons. The van der Waals surface area contributed by atoms with E-state index in [-0.39, 0.29) is 5.91 Å². The molecule has 1 aliphatic rings. The zero-order chi connectivity index (χ0) is 14.4. The predicted octanol–water partition coefficient (Wildman–Crippen LogP) is 1.97. The van der Waals surface area contributed by atoms with Crippen molar-refractivity contribution in [1.29, 1.82) is 0 Å². The lowest BCUT2D eigenvalue weighted by molar-refractivity contribution is 0.100. The summed E-state index contributed by atoms with van der Waals surface area (Å²) in [5.74, 6) is 0.366. The molecule has 0 aliphatic carbocycles. The van der Waals surface area contributed by atoms with Crippen LogP contribution in [0, 0.1) is 0 Å². The maximum atomic E-state index is 12.5. The zero-order valence-electron chi connectivity index (χ0n) is 10.9. The van der Waals surface area contributed by atoms with E-state index < -0.39 is 0 Å². The number of aromatic nitrogens is 2. The Balaban J connectivity index is 2.20. The molecular formula is C15H12BrN3O. The molecule has 0 saturated heterocycles. The first-order valence-electron chi connectivity index (χ1n) is 6.05. The summed E-state index contributed by atoms with van der Waals surface area (Å²) in [5.41, 5.74) is 2.10. The Morgan fingerprint density at radius 2 is 1.95 bits per heavy atom. The van der Waals surface area contributed by atoms with Crippen LogP contribution in [0.5, 0.6) is 0 Å².